The number of rotatable bonds is 6. The van der Waals surface area contributed by atoms with Gasteiger partial charge < -0.3 is 15.5 Å². The molecule has 1 saturated heterocycles. The maximum Gasteiger partial charge on any atom is 0.227 e. The predicted octanol–water partition coefficient (Wildman–Crippen LogP) is 2.51. The van der Waals surface area contributed by atoms with Gasteiger partial charge in [0.15, 0.2) is 5.65 Å². The zero-order chi connectivity index (χ0) is 19.3. The summed E-state index contributed by atoms with van der Waals surface area (Å²) in [6.45, 7) is 5.42. The average Bonchev–Trinajstić information content (AvgIpc) is 3.20. The van der Waals surface area contributed by atoms with Crippen LogP contribution in [0.1, 0.15) is 25.3 Å². The molecule has 1 amide bonds. The van der Waals surface area contributed by atoms with E-state index in [9.17, 15) is 4.79 Å². The highest BCUT2D eigenvalue weighted by Crippen LogP contribution is 2.23. The Bertz CT molecular complexity index is 953. The van der Waals surface area contributed by atoms with Gasteiger partial charge in [0.1, 0.15) is 12.1 Å². The van der Waals surface area contributed by atoms with Crippen molar-refractivity contribution in [3.05, 3.63) is 48.3 Å². The first-order valence-electron chi connectivity index (χ1n) is 9.75. The first-order chi connectivity index (χ1) is 13.7. The Morgan fingerprint density at radius 1 is 1.21 bits per heavy atom. The second kappa shape index (κ2) is 9.67. The van der Waals surface area contributed by atoms with Crippen LogP contribution in [0.3, 0.4) is 0 Å². The van der Waals surface area contributed by atoms with Crippen molar-refractivity contribution >= 4 is 35.5 Å². The molecule has 0 saturated carbocycles. The fourth-order valence-corrected chi connectivity index (χ4v) is 3.53. The lowest BCUT2D eigenvalue weighted by molar-refractivity contribution is -0.120. The summed E-state index contributed by atoms with van der Waals surface area (Å²) in [6.07, 6.45) is 3.22. The van der Waals surface area contributed by atoms with E-state index >= 15 is 0 Å². The molecule has 4 rings (SSSR count). The Kier molecular flexibility index (Phi) is 7.00. The molecule has 8 nitrogen and oxygen atoms in total. The number of hydrogen-bond donors (Lipinski definition) is 2. The van der Waals surface area contributed by atoms with Crippen molar-refractivity contribution in [2.45, 2.75) is 26.3 Å². The van der Waals surface area contributed by atoms with E-state index in [1.165, 1.54) is 5.56 Å². The smallest absolute Gasteiger partial charge is 0.227 e. The molecule has 29 heavy (non-hydrogen) atoms. The van der Waals surface area contributed by atoms with Crippen molar-refractivity contribution in [2.24, 2.45) is 5.92 Å². The highest BCUT2D eigenvalue weighted by Gasteiger charge is 2.26. The minimum Gasteiger partial charge on any atom is -0.355 e. The molecule has 0 radical (unpaired) electrons. The van der Waals surface area contributed by atoms with Crippen molar-refractivity contribution in [1.82, 2.24) is 25.1 Å². The number of piperidine rings is 1. The second-order valence-electron chi connectivity index (χ2n) is 7.06. The van der Waals surface area contributed by atoms with Crippen LogP contribution in [0.2, 0.25) is 0 Å². The van der Waals surface area contributed by atoms with Crippen LogP contribution in [-0.4, -0.2) is 45.4 Å². The van der Waals surface area contributed by atoms with E-state index in [1.807, 2.05) is 30.3 Å². The molecule has 1 fully saturated rings. The standard InChI is InChI=1S/C20H25N7O.ClH/c1-2-21-13-15-4-3-5-17(12-15)23-20(28)16-8-10-26(11-9-16)19-7-6-18-24-22-14-27(18)25-19;/h3-7,12,14,16,21H,2,8-11,13H2,1H3,(H,23,28);1H. The average molecular weight is 416 g/mol. The van der Waals surface area contributed by atoms with E-state index in [2.05, 4.69) is 43.8 Å². The quantitative estimate of drug-likeness (QED) is 0.643. The lowest BCUT2D eigenvalue weighted by Crippen LogP contribution is -2.38. The van der Waals surface area contributed by atoms with Gasteiger partial charge in [0.2, 0.25) is 5.91 Å². The zero-order valence-corrected chi connectivity index (χ0v) is 17.2. The van der Waals surface area contributed by atoms with E-state index in [0.717, 1.165) is 56.2 Å². The van der Waals surface area contributed by atoms with E-state index in [-0.39, 0.29) is 24.2 Å². The van der Waals surface area contributed by atoms with Crippen molar-refractivity contribution in [3.63, 3.8) is 0 Å². The van der Waals surface area contributed by atoms with Gasteiger partial charge in [-0.1, -0.05) is 19.1 Å². The third-order valence-electron chi connectivity index (χ3n) is 5.11. The Hall–Kier alpha value is -2.71. The number of halogens is 1. The maximum absolute atomic E-state index is 12.7. The number of hydrogen-bond acceptors (Lipinski definition) is 6. The van der Waals surface area contributed by atoms with Crippen molar-refractivity contribution in [3.8, 4) is 0 Å². The minimum atomic E-state index is 0. The number of aromatic nitrogens is 4. The van der Waals surface area contributed by atoms with E-state index in [0.29, 0.717) is 0 Å². The first kappa shape index (κ1) is 21.0. The molecule has 0 spiro atoms. The van der Waals surface area contributed by atoms with Crippen LogP contribution in [0, 0.1) is 5.92 Å². The van der Waals surface area contributed by atoms with Crippen LogP contribution in [0.5, 0.6) is 0 Å². The van der Waals surface area contributed by atoms with Crippen LogP contribution in [0.15, 0.2) is 42.7 Å². The molecule has 9 heteroatoms. The third-order valence-corrected chi connectivity index (χ3v) is 5.11. The summed E-state index contributed by atoms with van der Waals surface area (Å²) in [5.74, 6) is 1.01. The summed E-state index contributed by atoms with van der Waals surface area (Å²) in [4.78, 5) is 14.9. The highest BCUT2D eigenvalue weighted by atomic mass is 35.5. The number of nitrogens with one attached hydrogen (secondary N) is 2. The molecule has 0 aliphatic carbocycles. The van der Waals surface area contributed by atoms with E-state index < -0.39 is 0 Å². The van der Waals surface area contributed by atoms with Crippen LogP contribution < -0.4 is 15.5 Å². The summed E-state index contributed by atoms with van der Waals surface area (Å²) in [7, 11) is 0. The van der Waals surface area contributed by atoms with Gasteiger partial charge in [-0.25, -0.2) is 0 Å². The van der Waals surface area contributed by atoms with Gasteiger partial charge in [-0.15, -0.1) is 27.7 Å². The van der Waals surface area contributed by atoms with Crippen molar-refractivity contribution in [1.29, 1.82) is 0 Å². The molecule has 2 aromatic heterocycles. The van der Waals surface area contributed by atoms with Gasteiger partial charge in [0, 0.05) is 31.2 Å². The van der Waals surface area contributed by atoms with Gasteiger partial charge in [-0.2, -0.15) is 4.52 Å². The van der Waals surface area contributed by atoms with Crippen LogP contribution in [-0.2, 0) is 11.3 Å². The van der Waals surface area contributed by atoms with Gasteiger partial charge >= 0.3 is 0 Å². The molecule has 3 aromatic rings. The van der Waals surface area contributed by atoms with Gasteiger partial charge in [-0.3, -0.25) is 4.79 Å². The molecule has 2 N–H and O–H groups in total. The maximum atomic E-state index is 12.7. The largest absolute Gasteiger partial charge is 0.355 e. The summed E-state index contributed by atoms with van der Waals surface area (Å²) >= 11 is 0. The number of carbonyl (C=O) groups excluding carboxylic acids is 1. The molecule has 1 aliphatic heterocycles. The molecule has 3 heterocycles. The van der Waals surface area contributed by atoms with Gasteiger partial charge in [-0.05, 0) is 49.2 Å². The van der Waals surface area contributed by atoms with Crippen LogP contribution >= 0.6 is 12.4 Å². The second-order valence-corrected chi connectivity index (χ2v) is 7.06. The lowest BCUT2D eigenvalue weighted by Gasteiger charge is -2.32. The fourth-order valence-electron chi connectivity index (χ4n) is 3.53. The predicted molar refractivity (Wildman–Crippen MR) is 115 cm³/mol. The van der Waals surface area contributed by atoms with E-state index in [4.69, 9.17) is 0 Å². The summed E-state index contributed by atoms with van der Waals surface area (Å²) in [5.41, 5.74) is 2.77. The molecule has 0 atom stereocenters. The number of fused-ring (bicyclic) bond motifs is 1. The Morgan fingerprint density at radius 3 is 2.83 bits per heavy atom. The molecular weight excluding hydrogens is 390 g/mol. The molecule has 1 aliphatic rings. The Morgan fingerprint density at radius 2 is 2.03 bits per heavy atom. The number of anilines is 2. The SMILES string of the molecule is CCNCc1cccc(NC(=O)C2CCN(c3ccc4nncn4n3)CC2)c1.Cl. The summed E-state index contributed by atoms with van der Waals surface area (Å²) < 4.78 is 1.68. The van der Waals surface area contributed by atoms with Gasteiger partial charge in [0.25, 0.3) is 0 Å². The van der Waals surface area contributed by atoms with E-state index in [1.54, 1.807) is 10.8 Å². The van der Waals surface area contributed by atoms with Crippen molar-refractivity contribution < 1.29 is 4.79 Å². The molecule has 0 bridgehead atoms. The summed E-state index contributed by atoms with van der Waals surface area (Å²) in [6, 6.07) is 11.9. The normalized spacial score (nSPS) is 14.6. The lowest BCUT2D eigenvalue weighted by atomic mass is 9.95. The van der Waals surface area contributed by atoms with Crippen molar-refractivity contribution in [2.75, 3.05) is 29.9 Å². The highest BCUT2D eigenvalue weighted by molar-refractivity contribution is 5.92. The number of nitrogens with zero attached hydrogens (tertiary/aromatic N) is 5. The molecule has 154 valence electrons. The monoisotopic (exact) mass is 415 g/mol. The van der Waals surface area contributed by atoms with Crippen LogP contribution in [0.25, 0.3) is 5.65 Å². The van der Waals surface area contributed by atoms with Gasteiger partial charge in [0.05, 0.1) is 0 Å². The fraction of sp³-hybridized carbons (Fsp3) is 0.400. The first-order valence-corrected chi connectivity index (χ1v) is 9.75. The summed E-state index contributed by atoms with van der Waals surface area (Å²) in [5, 5.41) is 18.8. The molecule has 1 aromatic carbocycles. The number of amides is 1. The Balaban J connectivity index is 0.00000240. The Labute approximate surface area is 176 Å². The van der Waals surface area contributed by atoms with Crippen LogP contribution in [0.4, 0.5) is 11.5 Å². The minimum absolute atomic E-state index is 0. The topological polar surface area (TPSA) is 87.5 Å². The molecular formula is C20H26ClN7O. The number of benzene rings is 1. The third kappa shape index (κ3) is 5.02. The molecule has 0 unspecified atom stereocenters. The number of carbonyl (C=O) groups is 1. The zero-order valence-electron chi connectivity index (χ0n) is 16.4.